The van der Waals surface area contributed by atoms with E-state index in [1.54, 1.807) is 0 Å². The Hall–Kier alpha value is -1.51. The fraction of sp³-hybridized carbons (Fsp3) is 0.533. The predicted molar refractivity (Wildman–Crippen MR) is 73.9 cm³/mol. The molecule has 0 aliphatic rings. The fourth-order valence-corrected chi connectivity index (χ4v) is 1.99. The second-order valence-electron chi connectivity index (χ2n) is 4.87. The van der Waals surface area contributed by atoms with E-state index in [4.69, 9.17) is 4.74 Å². The number of benzene rings is 1. The molecule has 18 heavy (non-hydrogen) atoms. The highest BCUT2D eigenvalue weighted by molar-refractivity contribution is 5.77. The summed E-state index contributed by atoms with van der Waals surface area (Å²) < 4.78 is 5.50. The molecule has 0 aliphatic carbocycles. The molecule has 0 fully saturated rings. The molecule has 100 valence electrons. The van der Waals surface area contributed by atoms with Crippen LogP contribution in [0, 0.1) is 13.8 Å². The highest BCUT2D eigenvalue weighted by Gasteiger charge is 2.07. The lowest BCUT2D eigenvalue weighted by molar-refractivity contribution is -0.123. The molecule has 1 N–H and O–H groups in total. The minimum Gasteiger partial charge on any atom is -0.484 e. The molecule has 1 amide bonds. The summed E-state index contributed by atoms with van der Waals surface area (Å²) in [6, 6.07) is 6.17. The van der Waals surface area contributed by atoms with Crippen LogP contribution < -0.4 is 10.1 Å². The van der Waals surface area contributed by atoms with Crippen molar-refractivity contribution in [1.82, 2.24) is 5.32 Å². The number of hydrogen-bond acceptors (Lipinski definition) is 2. The van der Waals surface area contributed by atoms with E-state index in [0.717, 1.165) is 29.7 Å². The van der Waals surface area contributed by atoms with Gasteiger partial charge in [0, 0.05) is 6.04 Å². The maximum Gasteiger partial charge on any atom is 0.258 e. The highest BCUT2D eigenvalue weighted by atomic mass is 16.5. The summed E-state index contributed by atoms with van der Waals surface area (Å²) in [4.78, 5) is 11.6. The first-order valence-electron chi connectivity index (χ1n) is 6.51. The fourth-order valence-electron chi connectivity index (χ4n) is 1.99. The zero-order chi connectivity index (χ0) is 13.5. The third-order valence-corrected chi connectivity index (χ3v) is 2.69. The molecular weight excluding hydrogens is 226 g/mol. The van der Waals surface area contributed by atoms with Crippen LogP contribution in [0.5, 0.6) is 5.75 Å². The van der Waals surface area contributed by atoms with Crippen LogP contribution >= 0.6 is 0 Å². The van der Waals surface area contributed by atoms with Crippen molar-refractivity contribution < 1.29 is 9.53 Å². The quantitative estimate of drug-likeness (QED) is 0.841. The van der Waals surface area contributed by atoms with Gasteiger partial charge in [0.1, 0.15) is 5.75 Å². The van der Waals surface area contributed by atoms with Gasteiger partial charge < -0.3 is 10.1 Å². The van der Waals surface area contributed by atoms with Gasteiger partial charge in [-0.3, -0.25) is 4.79 Å². The van der Waals surface area contributed by atoms with Gasteiger partial charge in [0.25, 0.3) is 5.91 Å². The van der Waals surface area contributed by atoms with Crippen molar-refractivity contribution >= 4 is 5.91 Å². The lowest BCUT2D eigenvalue weighted by Crippen LogP contribution is -2.35. The summed E-state index contributed by atoms with van der Waals surface area (Å²) in [6.45, 7) is 8.23. The number of ether oxygens (including phenoxy) is 1. The van der Waals surface area contributed by atoms with Crippen molar-refractivity contribution in [3.8, 4) is 5.75 Å². The Kier molecular flexibility index (Phi) is 5.69. The molecule has 0 aromatic heterocycles. The zero-order valence-electron chi connectivity index (χ0n) is 11.7. The lowest BCUT2D eigenvalue weighted by atomic mass is 10.1. The summed E-state index contributed by atoms with van der Waals surface area (Å²) in [7, 11) is 0. The van der Waals surface area contributed by atoms with Crippen LogP contribution in [-0.4, -0.2) is 18.6 Å². The summed E-state index contributed by atoms with van der Waals surface area (Å²) in [6.07, 6.45) is 2.06. The average Bonchev–Trinajstić information content (AvgIpc) is 2.25. The van der Waals surface area contributed by atoms with Crippen molar-refractivity contribution in [2.24, 2.45) is 0 Å². The monoisotopic (exact) mass is 249 g/mol. The van der Waals surface area contributed by atoms with Crippen molar-refractivity contribution in [3.05, 3.63) is 29.3 Å². The molecule has 0 spiro atoms. The van der Waals surface area contributed by atoms with Crippen LogP contribution in [0.4, 0.5) is 0 Å². The Morgan fingerprint density at radius 2 is 1.89 bits per heavy atom. The van der Waals surface area contributed by atoms with Gasteiger partial charge in [-0.1, -0.05) is 19.4 Å². The van der Waals surface area contributed by atoms with E-state index in [1.807, 2.05) is 32.9 Å². The molecule has 0 radical (unpaired) electrons. The summed E-state index contributed by atoms with van der Waals surface area (Å²) in [5.41, 5.74) is 2.29. The first-order valence-corrected chi connectivity index (χ1v) is 6.51. The van der Waals surface area contributed by atoms with E-state index in [2.05, 4.69) is 18.3 Å². The third kappa shape index (κ3) is 5.21. The summed E-state index contributed by atoms with van der Waals surface area (Å²) in [5, 5.41) is 2.92. The SMILES string of the molecule is CCCC(C)NC(=O)COc1cc(C)cc(C)c1. The second-order valence-corrected chi connectivity index (χ2v) is 4.87. The molecule has 0 bridgehead atoms. The van der Waals surface area contributed by atoms with Crippen molar-refractivity contribution in [3.63, 3.8) is 0 Å². The predicted octanol–water partition coefficient (Wildman–Crippen LogP) is 2.99. The number of carbonyl (C=O) groups excluding carboxylic acids is 1. The van der Waals surface area contributed by atoms with Crippen LogP contribution in [-0.2, 0) is 4.79 Å². The molecule has 0 aliphatic heterocycles. The van der Waals surface area contributed by atoms with E-state index in [9.17, 15) is 4.79 Å². The van der Waals surface area contributed by atoms with Crippen molar-refractivity contribution in [2.75, 3.05) is 6.61 Å². The third-order valence-electron chi connectivity index (χ3n) is 2.69. The van der Waals surface area contributed by atoms with Crippen LogP contribution in [0.25, 0.3) is 0 Å². The topological polar surface area (TPSA) is 38.3 Å². The molecule has 3 nitrogen and oxygen atoms in total. The van der Waals surface area contributed by atoms with E-state index in [1.165, 1.54) is 0 Å². The molecule has 0 heterocycles. The molecule has 1 aromatic carbocycles. The standard InChI is InChI=1S/C15H23NO2/c1-5-6-13(4)16-15(17)10-18-14-8-11(2)7-12(3)9-14/h7-9,13H,5-6,10H2,1-4H3,(H,16,17). The normalized spacial score (nSPS) is 12.0. The van der Waals surface area contributed by atoms with Gasteiger partial charge >= 0.3 is 0 Å². The van der Waals surface area contributed by atoms with Gasteiger partial charge in [-0.05, 0) is 50.5 Å². The van der Waals surface area contributed by atoms with E-state index < -0.39 is 0 Å². The molecule has 1 rings (SSSR count). The maximum absolute atomic E-state index is 11.6. The van der Waals surface area contributed by atoms with E-state index >= 15 is 0 Å². The Bertz CT molecular complexity index is 381. The number of nitrogens with one attached hydrogen (secondary N) is 1. The highest BCUT2D eigenvalue weighted by Crippen LogP contribution is 2.15. The Morgan fingerprint density at radius 3 is 2.44 bits per heavy atom. The molecular formula is C15H23NO2. The van der Waals surface area contributed by atoms with Crippen LogP contribution in [0.3, 0.4) is 0 Å². The number of aryl methyl sites for hydroxylation is 2. The number of amides is 1. The zero-order valence-corrected chi connectivity index (χ0v) is 11.7. The number of hydrogen-bond donors (Lipinski definition) is 1. The molecule has 3 heteroatoms. The molecule has 1 aromatic rings. The van der Waals surface area contributed by atoms with Crippen molar-refractivity contribution in [1.29, 1.82) is 0 Å². The molecule has 1 unspecified atom stereocenters. The lowest BCUT2D eigenvalue weighted by Gasteiger charge is -2.13. The largest absolute Gasteiger partial charge is 0.484 e. The van der Waals surface area contributed by atoms with Gasteiger partial charge in [-0.2, -0.15) is 0 Å². The Morgan fingerprint density at radius 1 is 1.28 bits per heavy atom. The van der Waals surface area contributed by atoms with Crippen LogP contribution in [0.1, 0.15) is 37.8 Å². The first-order chi connectivity index (χ1) is 8.51. The number of rotatable bonds is 6. The Labute approximate surface area is 110 Å². The molecule has 1 atom stereocenters. The average molecular weight is 249 g/mol. The molecule has 0 saturated carbocycles. The van der Waals surface area contributed by atoms with Gasteiger partial charge in [-0.15, -0.1) is 0 Å². The van der Waals surface area contributed by atoms with Crippen molar-refractivity contribution in [2.45, 2.75) is 46.6 Å². The van der Waals surface area contributed by atoms with Gasteiger partial charge in [0.05, 0.1) is 0 Å². The maximum atomic E-state index is 11.6. The van der Waals surface area contributed by atoms with Crippen LogP contribution in [0.2, 0.25) is 0 Å². The Balaban J connectivity index is 2.42. The van der Waals surface area contributed by atoms with E-state index in [-0.39, 0.29) is 18.6 Å². The minimum atomic E-state index is -0.0601. The van der Waals surface area contributed by atoms with Crippen LogP contribution in [0.15, 0.2) is 18.2 Å². The second kappa shape index (κ2) is 7.04. The van der Waals surface area contributed by atoms with Gasteiger partial charge in [-0.25, -0.2) is 0 Å². The van der Waals surface area contributed by atoms with E-state index in [0.29, 0.717) is 0 Å². The smallest absolute Gasteiger partial charge is 0.258 e. The van der Waals surface area contributed by atoms with Gasteiger partial charge in [0.2, 0.25) is 0 Å². The number of carbonyl (C=O) groups is 1. The molecule has 0 saturated heterocycles. The minimum absolute atomic E-state index is 0.0601. The summed E-state index contributed by atoms with van der Waals surface area (Å²) in [5.74, 6) is 0.695. The van der Waals surface area contributed by atoms with Gasteiger partial charge in [0.15, 0.2) is 6.61 Å². The summed E-state index contributed by atoms with van der Waals surface area (Å²) >= 11 is 0. The first kappa shape index (κ1) is 14.6.